The van der Waals surface area contributed by atoms with Crippen molar-refractivity contribution in [3.05, 3.63) is 22.2 Å². The highest BCUT2D eigenvalue weighted by Crippen LogP contribution is 2.34. The zero-order valence-corrected chi connectivity index (χ0v) is 12.6. The first-order valence-electron chi connectivity index (χ1n) is 5.53. The van der Waals surface area contributed by atoms with Crippen LogP contribution in [0.4, 0.5) is 0 Å². The largest absolute Gasteiger partial charge is 0.493 e. The van der Waals surface area contributed by atoms with E-state index in [-0.39, 0.29) is 5.54 Å². The number of halogens is 1. The SMILES string of the molecule is COc1cc(Br)cc(CNC(C)(C)C)c1OC. The Bertz CT molecular complexity index is 386. The lowest BCUT2D eigenvalue weighted by molar-refractivity contribution is 0.346. The number of hydrogen-bond acceptors (Lipinski definition) is 3. The normalized spacial score (nSPS) is 11.4. The molecular formula is C13H20BrNO2. The van der Waals surface area contributed by atoms with E-state index in [2.05, 4.69) is 42.0 Å². The molecule has 0 atom stereocenters. The Kier molecular flexibility index (Phi) is 4.83. The molecule has 1 aromatic rings. The molecule has 3 nitrogen and oxygen atoms in total. The Balaban J connectivity index is 3.00. The number of rotatable bonds is 4. The van der Waals surface area contributed by atoms with Crippen LogP contribution in [0, 0.1) is 0 Å². The Morgan fingerprint density at radius 3 is 2.29 bits per heavy atom. The molecule has 0 amide bonds. The van der Waals surface area contributed by atoms with E-state index in [1.165, 1.54) is 0 Å². The number of benzene rings is 1. The highest BCUT2D eigenvalue weighted by molar-refractivity contribution is 9.10. The molecule has 0 unspecified atom stereocenters. The topological polar surface area (TPSA) is 30.5 Å². The molecule has 1 N–H and O–H groups in total. The zero-order valence-electron chi connectivity index (χ0n) is 11.1. The number of ether oxygens (including phenoxy) is 2. The fraction of sp³-hybridized carbons (Fsp3) is 0.538. The van der Waals surface area contributed by atoms with E-state index in [0.717, 1.165) is 28.1 Å². The molecule has 0 aliphatic heterocycles. The minimum Gasteiger partial charge on any atom is -0.493 e. The third-order valence-corrected chi connectivity index (χ3v) is 2.79. The van der Waals surface area contributed by atoms with Gasteiger partial charge in [0.15, 0.2) is 11.5 Å². The van der Waals surface area contributed by atoms with Gasteiger partial charge in [-0.15, -0.1) is 0 Å². The van der Waals surface area contributed by atoms with Gasteiger partial charge in [-0.3, -0.25) is 0 Å². The van der Waals surface area contributed by atoms with Gasteiger partial charge < -0.3 is 14.8 Å². The van der Waals surface area contributed by atoms with E-state index >= 15 is 0 Å². The van der Waals surface area contributed by atoms with Crippen molar-refractivity contribution in [1.82, 2.24) is 5.32 Å². The van der Waals surface area contributed by atoms with Crippen molar-refractivity contribution in [2.45, 2.75) is 32.9 Å². The van der Waals surface area contributed by atoms with E-state index in [0.29, 0.717) is 0 Å². The van der Waals surface area contributed by atoms with E-state index in [1.807, 2.05) is 12.1 Å². The van der Waals surface area contributed by atoms with E-state index in [4.69, 9.17) is 9.47 Å². The maximum atomic E-state index is 5.40. The minimum atomic E-state index is 0.0700. The number of hydrogen-bond donors (Lipinski definition) is 1. The van der Waals surface area contributed by atoms with Crippen molar-refractivity contribution in [3.8, 4) is 11.5 Å². The first-order valence-corrected chi connectivity index (χ1v) is 6.32. The lowest BCUT2D eigenvalue weighted by Gasteiger charge is -2.22. The quantitative estimate of drug-likeness (QED) is 0.925. The van der Waals surface area contributed by atoms with E-state index < -0.39 is 0 Å². The Morgan fingerprint density at radius 2 is 1.82 bits per heavy atom. The Hall–Kier alpha value is -0.740. The van der Waals surface area contributed by atoms with Gasteiger partial charge in [0.2, 0.25) is 0 Å². The number of methoxy groups -OCH3 is 2. The van der Waals surface area contributed by atoms with Gasteiger partial charge in [-0.2, -0.15) is 0 Å². The first-order chi connectivity index (χ1) is 7.87. The van der Waals surface area contributed by atoms with Crippen molar-refractivity contribution >= 4 is 15.9 Å². The minimum absolute atomic E-state index is 0.0700. The smallest absolute Gasteiger partial charge is 0.165 e. The Labute approximate surface area is 112 Å². The summed E-state index contributed by atoms with van der Waals surface area (Å²) in [5, 5.41) is 3.44. The van der Waals surface area contributed by atoms with Gasteiger partial charge in [0.1, 0.15) is 0 Å². The van der Waals surface area contributed by atoms with Gasteiger partial charge in [0.05, 0.1) is 14.2 Å². The maximum Gasteiger partial charge on any atom is 0.165 e. The van der Waals surface area contributed by atoms with E-state index in [9.17, 15) is 0 Å². The highest BCUT2D eigenvalue weighted by atomic mass is 79.9. The van der Waals surface area contributed by atoms with Gasteiger partial charge in [0.25, 0.3) is 0 Å². The molecule has 0 heterocycles. The van der Waals surface area contributed by atoms with Gasteiger partial charge in [-0.1, -0.05) is 15.9 Å². The van der Waals surface area contributed by atoms with Gasteiger partial charge in [0, 0.05) is 22.1 Å². The molecule has 0 aliphatic carbocycles. The second-order valence-corrected chi connectivity index (χ2v) is 5.82. The molecule has 0 aliphatic rings. The summed E-state index contributed by atoms with van der Waals surface area (Å²) < 4.78 is 11.7. The summed E-state index contributed by atoms with van der Waals surface area (Å²) in [5.41, 5.74) is 1.15. The van der Waals surface area contributed by atoms with Crippen LogP contribution in [-0.4, -0.2) is 19.8 Å². The second-order valence-electron chi connectivity index (χ2n) is 4.90. The fourth-order valence-corrected chi connectivity index (χ4v) is 1.98. The van der Waals surface area contributed by atoms with Crippen LogP contribution in [0.3, 0.4) is 0 Å². The van der Waals surface area contributed by atoms with Crippen LogP contribution in [-0.2, 0) is 6.54 Å². The summed E-state index contributed by atoms with van der Waals surface area (Å²) >= 11 is 3.47. The third-order valence-electron chi connectivity index (χ3n) is 2.33. The lowest BCUT2D eigenvalue weighted by Crippen LogP contribution is -2.35. The maximum absolute atomic E-state index is 5.40. The molecule has 0 saturated heterocycles. The van der Waals surface area contributed by atoms with Gasteiger partial charge in [-0.05, 0) is 32.9 Å². The van der Waals surface area contributed by atoms with E-state index in [1.54, 1.807) is 14.2 Å². The molecule has 0 spiro atoms. The second kappa shape index (κ2) is 5.74. The van der Waals surface area contributed by atoms with Crippen molar-refractivity contribution in [1.29, 1.82) is 0 Å². The molecule has 0 bridgehead atoms. The lowest BCUT2D eigenvalue weighted by atomic mass is 10.1. The molecule has 4 heteroatoms. The molecule has 1 aromatic carbocycles. The van der Waals surface area contributed by atoms with Crippen LogP contribution >= 0.6 is 15.9 Å². The zero-order chi connectivity index (χ0) is 13.1. The summed E-state index contributed by atoms with van der Waals surface area (Å²) in [6, 6.07) is 3.94. The van der Waals surface area contributed by atoms with Crippen molar-refractivity contribution < 1.29 is 9.47 Å². The highest BCUT2D eigenvalue weighted by Gasteiger charge is 2.14. The summed E-state index contributed by atoms with van der Waals surface area (Å²) in [6.07, 6.45) is 0. The molecule has 96 valence electrons. The van der Waals surface area contributed by atoms with Crippen LogP contribution in [0.25, 0.3) is 0 Å². The molecule has 17 heavy (non-hydrogen) atoms. The predicted molar refractivity (Wildman–Crippen MR) is 73.8 cm³/mol. The molecule has 0 fully saturated rings. The first kappa shape index (κ1) is 14.3. The Morgan fingerprint density at radius 1 is 1.18 bits per heavy atom. The summed E-state index contributed by atoms with van der Waals surface area (Å²) in [5.74, 6) is 1.53. The fourth-order valence-electron chi connectivity index (χ4n) is 1.50. The molecule has 0 aromatic heterocycles. The van der Waals surface area contributed by atoms with Crippen molar-refractivity contribution in [2.24, 2.45) is 0 Å². The van der Waals surface area contributed by atoms with Crippen molar-refractivity contribution in [2.75, 3.05) is 14.2 Å². The van der Waals surface area contributed by atoms with Gasteiger partial charge >= 0.3 is 0 Å². The van der Waals surface area contributed by atoms with Crippen LogP contribution in [0.5, 0.6) is 11.5 Å². The standard InChI is InChI=1S/C13H20BrNO2/c1-13(2,3)15-8-9-6-10(14)7-11(16-4)12(9)17-5/h6-7,15H,8H2,1-5H3. The molecule has 0 saturated carbocycles. The predicted octanol–water partition coefficient (Wildman–Crippen LogP) is 3.35. The molecular weight excluding hydrogens is 282 g/mol. The van der Waals surface area contributed by atoms with Crippen molar-refractivity contribution in [3.63, 3.8) is 0 Å². The van der Waals surface area contributed by atoms with Crippen LogP contribution in [0.15, 0.2) is 16.6 Å². The molecule has 1 rings (SSSR count). The average molecular weight is 302 g/mol. The number of nitrogens with one attached hydrogen (secondary N) is 1. The van der Waals surface area contributed by atoms with Crippen LogP contribution < -0.4 is 14.8 Å². The van der Waals surface area contributed by atoms with Crippen LogP contribution in [0.2, 0.25) is 0 Å². The summed E-state index contributed by atoms with van der Waals surface area (Å²) in [4.78, 5) is 0. The van der Waals surface area contributed by atoms with Crippen LogP contribution in [0.1, 0.15) is 26.3 Å². The third kappa shape index (κ3) is 4.21. The van der Waals surface area contributed by atoms with Gasteiger partial charge in [-0.25, -0.2) is 0 Å². The average Bonchev–Trinajstić information content (AvgIpc) is 2.24. The molecule has 0 radical (unpaired) electrons. The summed E-state index contributed by atoms with van der Waals surface area (Å²) in [7, 11) is 3.30. The summed E-state index contributed by atoms with van der Waals surface area (Å²) in [6.45, 7) is 7.14. The monoisotopic (exact) mass is 301 g/mol.